The van der Waals surface area contributed by atoms with E-state index < -0.39 is 14.2 Å². The van der Waals surface area contributed by atoms with Gasteiger partial charge in [0.2, 0.25) is 0 Å². The Morgan fingerprint density at radius 3 is 1.89 bits per heavy atom. The quantitative estimate of drug-likeness (QED) is 0.520. The second kappa shape index (κ2) is 8.26. The molecule has 0 amide bonds. The van der Waals surface area contributed by atoms with E-state index in [4.69, 9.17) is 11.6 Å². The summed E-state index contributed by atoms with van der Waals surface area (Å²) in [5.74, 6) is -0.172. The first-order valence-corrected chi connectivity index (χ1v) is 12.5. The van der Waals surface area contributed by atoms with E-state index in [1.807, 2.05) is 48.5 Å². The second-order valence-corrected chi connectivity index (χ2v) is 12.3. The van der Waals surface area contributed by atoms with Crippen LogP contribution in [0.25, 0.3) is 0 Å². The predicted octanol–water partition coefficient (Wildman–Crippen LogP) is 5.87. The first kappa shape index (κ1) is 19.6. The third-order valence-electron chi connectivity index (χ3n) is 5.36. The average Bonchev–Trinajstić information content (AvgIpc) is 2.70. The van der Waals surface area contributed by atoms with Crippen LogP contribution in [-0.2, 0) is 0 Å². The Morgan fingerprint density at radius 2 is 1.33 bits per heavy atom. The number of rotatable bonds is 6. The summed E-state index contributed by atoms with van der Waals surface area (Å²) in [5.41, 5.74) is 1.94. The summed E-state index contributed by atoms with van der Waals surface area (Å²) in [4.78, 5) is 0. The molecule has 2 atom stereocenters. The number of aliphatic hydroxyl groups excluding tert-OH is 1. The molecule has 0 aliphatic heterocycles. The van der Waals surface area contributed by atoms with Gasteiger partial charge < -0.3 is 5.11 Å². The van der Waals surface area contributed by atoms with E-state index in [1.54, 1.807) is 0 Å². The van der Waals surface area contributed by atoms with E-state index in [9.17, 15) is 5.11 Å². The van der Waals surface area contributed by atoms with Crippen LogP contribution in [0.15, 0.2) is 96.7 Å². The molecular weight excluding hydrogens is 368 g/mol. The SMILES string of the molecule is C=C([C@H](c1ccccc1)[C@@H](O)c1ccc(Cl)cc1)[Si](C)(C)c1ccccc1. The van der Waals surface area contributed by atoms with Crippen molar-refractivity contribution in [2.24, 2.45) is 0 Å². The molecule has 1 nitrogen and oxygen atoms in total. The highest BCUT2D eigenvalue weighted by Gasteiger charge is 2.36. The first-order chi connectivity index (χ1) is 12.9. The van der Waals surface area contributed by atoms with Crippen molar-refractivity contribution >= 4 is 24.9 Å². The van der Waals surface area contributed by atoms with Crippen LogP contribution in [0.4, 0.5) is 0 Å². The molecule has 138 valence electrons. The van der Waals surface area contributed by atoms with Crippen molar-refractivity contribution in [1.82, 2.24) is 0 Å². The molecule has 3 aromatic carbocycles. The molecule has 0 bridgehead atoms. The van der Waals surface area contributed by atoms with Crippen LogP contribution in [-0.4, -0.2) is 13.2 Å². The van der Waals surface area contributed by atoms with Gasteiger partial charge in [-0.15, -0.1) is 6.58 Å². The lowest BCUT2D eigenvalue weighted by Gasteiger charge is -2.35. The van der Waals surface area contributed by atoms with Crippen molar-refractivity contribution in [2.75, 3.05) is 0 Å². The van der Waals surface area contributed by atoms with Crippen LogP contribution >= 0.6 is 11.6 Å². The fourth-order valence-corrected chi connectivity index (χ4v) is 6.14. The Kier molecular flexibility index (Phi) is 6.00. The average molecular weight is 393 g/mol. The summed E-state index contributed by atoms with van der Waals surface area (Å²) >= 11 is 6.04. The van der Waals surface area contributed by atoms with Gasteiger partial charge in [0.05, 0.1) is 6.10 Å². The number of aliphatic hydroxyl groups is 1. The minimum Gasteiger partial charge on any atom is -0.387 e. The lowest BCUT2D eigenvalue weighted by atomic mass is 9.89. The Morgan fingerprint density at radius 1 is 0.815 bits per heavy atom. The van der Waals surface area contributed by atoms with Gasteiger partial charge in [-0.3, -0.25) is 0 Å². The van der Waals surface area contributed by atoms with Gasteiger partial charge in [-0.05, 0) is 23.3 Å². The van der Waals surface area contributed by atoms with E-state index >= 15 is 0 Å². The summed E-state index contributed by atoms with van der Waals surface area (Å²) in [5, 5.41) is 14.4. The summed E-state index contributed by atoms with van der Waals surface area (Å²) in [6.07, 6.45) is -0.673. The van der Waals surface area contributed by atoms with Crippen LogP contribution < -0.4 is 5.19 Å². The van der Waals surface area contributed by atoms with Crippen LogP contribution in [0.3, 0.4) is 0 Å². The van der Waals surface area contributed by atoms with Crippen molar-refractivity contribution in [3.05, 3.63) is 113 Å². The third kappa shape index (κ3) is 4.24. The zero-order chi connectivity index (χ0) is 19.4. The number of hydrogen-bond acceptors (Lipinski definition) is 1. The van der Waals surface area contributed by atoms with Gasteiger partial charge in [0, 0.05) is 10.9 Å². The highest BCUT2D eigenvalue weighted by Crippen LogP contribution is 2.40. The molecular formula is C24H25ClOSi. The molecule has 0 radical (unpaired) electrons. The molecule has 0 saturated heterocycles. The first-order valence-electron chi connectivity index (χ1n) is 9.14. The maximum atomic E-state index is 11.3. The van der Waals surface area contributed by atoms with Crippen molar-refractivity contribution < 1.29 is 5.11 Å². The standard InChI is InChI=1S/C24H25ClOSi/c1-18(27(2,3)22-12-8-5-9-13-22)23(19-10-6-4-7-11-19)24(26)20-14-16-21(25)17-15-20/h4-17,23-24,26H,1H2,2-3H3/t23-,24+/m1/s1. The molecule has 0 aromatic heterocycles. The van der Waals surface area contributed by atoms with Gasteiger partial charge in [0.1, 0.15) is 8.07 Å². The van der Waals surface area contributed by atoms with Crippen molar-refractivity contribution in [1.29, 1.82) is 0 Å². The molecule has 1 N–H and O–H groups in total. The molecule has 0 spiro atoms. The topological polar surface area (TPSA) is 20.2 Å². The van der Waals surface area contributed by atoms with Gasteiger partial charge >= 0.3 is 0 Å². The molecule has 0 unspecified atom stereocenters. The van der Waals surface area contributed by atoms with Gasteiger partial charge in [-0.1, -0.05) is 108 Å². The molecule has 27 heavy (non-hydrogen) atoms. The zero-order valence-corrected chi connectivity index (χ0v) is 17.5. The Labute approximate surface area is 168 Å². The maximum Gasteiger partial charge on any atom is 0.107 e. The van der Waals surface area contributed by atoms with Crippen molar-refractivity contribution in [3.63, 3.8) is 0 Å². The lowest BCUT2D eigenvalue weighted by Crippen LogP contribution is -2.46. The Hall–Kier alpha value is -2.13. The van der Waals surface area contributed by atoms with E-state index in [2.05, 4.69) is 56.1 Å². The molecule has 0 aliphatic carbocycles. The van der Waals surface area contributed by atoms with Crippen LogP contribution in [0.2, 0.25) is 18.1 Å². The number of benzene rings is 3. The highest BCUT2D eigenvalue weighted by molar-refractivity contribution is 6.95. The van der Waals surface area contributed by atoms with E-state index in [-0.39, 0.29) is 5.92 Å². The summed E-state index contributed by atoms with van der Waals surface area (Å²) in [6, 6.07) is 28.1. The van der Waals surface area contributed by atoms with Gasteiger partial charge in [0.25, 0.3) is 0 Å². The van der Waals surface area contributed by atoms with Crippen LogP contribution in [0, 0.1) is 0 Å². The van der Waals surface area contributed by atoms with Gasteiger partial charge in [-0.2, -0.15) is 0 Å². The van der Waals surface area contributed by atoms with Crippen molar-refractivity contribution in [3.8, 4) is 0 Å². The van der Waals surface area contributed by atoms with E-state index in [0.717, 1.165) is 16.3 Å². The normalized spacial score (nSPS) is 13.8. The van der Waals surface area contributed by atoms with E-state index in [1.165, 1.54) is 5.19 Å². The fourth-order valence-electron chi connectivity index (χ4n) is 3.52. The highest BCUT2D eigenvalue weighted by atomic mass is 35.5. The Balaban J connectivity index is 2.05. The molecule has 0 heterocycles. The van der Waals surface area contributed by atoms with Crippen LogP contribution in [0.5, 0.6) is 0 Å². The van der Waals surface area contributed by atoms with Gasteiger partial charge in [0.15, 0.2) is 0 Å². The predicted molar refractivity (Wildman–Crippen MR) is 118 cm³/mol. The minimum absolute atomic E-state index is 0.172. The molecule has 3 heteroatoms. The number of hydrogen-bond donors (Lipinski definition) is 1. The fraction of sp³-hybridized carbons (Fsp3) is 0.167. The second-order valence-electron chi connectivity index (χ2n) is 7.40. The molecule has 0 aliphatic rings. The maximum absolute atomic E-state index is 11.3. The summed E-state index contributed by atoms with van der Waals surface area (Å²) < 4.78 is 0. The minimum atomic E-state index is -2.02. The molecule has 3 rings (SSSR count). The largest absolute Gasteiger partial charge is 0.387 e. The third-order valence-corrected chi connectivity index (χ3v) is 9.30. The van der Waals surface area contributed by atoms with Crippen molar-refractivity contribution in [2.45, 2.75) is 25.1 Å². The van der Waals surface area contributed by atoms with E-state index in [0.29, 0.717) is 5.02 Å². The lowest BCUT2D eigenvalue weighted by molar-refractivity contribution is 0.160. The number of halogens is 1. The monoisotopic (exact) mass is 392 g/mol. The molecule has 0 fully saturated rings. The summed E-state index contributed by atoms with van der Waals surface area (Å²) in [6.45, 7) is 9.12. The molecule has 0 saturated carbocycles. The smallest absolute Gasteiger partial charge is 0.107 e. The molecule has 3 aromatic rings. The zero-order valence-electron chi connectivity index (χ0n) is 15.8. The Bertz CT molecular complexity index is 889. The van der Waals surface area contributed by atoms with Gasteiger partial charge in [-0.25, -0.2) is 0 Å². The summed E-state index contributed by atoms with van der Waals surface area (Å²) in [7, 11) is -2.02. The van der Waals surface area contributed by atoms with Crippen LogP contribution in [0.1, 0.15) is 23.1 Å².